The lowest BCUT2D eigenvalue weighted by Gasteiger charge is -2.09. The molecule has 21 heavy (non-hydrogen) atoms. The summed E-state index contributed by atoms with van der Waals surface area (Å²) in [5.74, 6) is 1.94. The molecular formula is C17H16N2O2. The van der Waals surface area contributed by atoms with E-state index in [4.69, 9.17) is 9.15 Å². The van der Waals surface area contributed by atoms with Gasteiger partial charge in [0, 0.05) is 12.5 Å². The number of benzene rings is 2. The molecule has 0 spiro atoms. The Morgan fingerprint density at radius 2 is 1.81 bits per heavy atom. The summed E-state index contributed by atoms with van der Waals surface area (Å²) in [5, 5.41) is 8.02. The quantitative estimate of drug-likeness (QED) is 0.721. The highest BCUT2D eigenvalue weighted by Crippen LogP contribution is 2.32. The maximum Gasteiger partial charge on any atom is 0.248 e. The normalized spacial score (nSPS) is 10.6. The van der Waals surface area contributed by atoms with Crippen LogP contribution in [0.15, 0.2) is 52.9 Å². The molecule has 0 bridgehead atoms. The first-order chi connectivity index (χ1) is 10.3. The molecule has 4 nitrogen and oxygen atoms in total. The van der Waals surface area contributed by atoms with Gasteiger partial charge in [-0.2, -0.15) is 0 Å². The second kappa shape index (κ2) is 5.79. The summed E-state index contributed by atoms with van der Waals surface area (Å²) in [6.07, 6.45) is 0. The van der Waals surface area contributed by atoms with Gasteiger partial charge >= 0.3 is 0 Å². The van der Waals surface area contributed by atoms with Gasteiger partial charge in [0.05, 0.1) is 6.61 Å². The van der Waals surface area contributed by atoms with Crippen LogP contribution in [0.4, 0.5) is 0 Å². The number of rotatable bonds is 4. The van der Waals surface area contributed by atoms with Gasteiger partial charge in [-0.05, 0) is 36.2 Å². The molecule has 106 valence electrons. The zero-order valence-corrected chi connectivity index (χ0v) is 12.0. The average Bonchev–Trinajstić information content (AvgIpc) is 2.94. The Labute approximate surface area is 123 Å². The van der Waals surface area contributed by atoms with Crippen LogP contribution in [0.2, 0.25) is 0 Å². The maximum atomic E-state index is 5.57. The molecule has 0 aliphatic heterocycles. The lowest BCUT2D eigenvalue weighted by Crippen LogP contribution is -1.92. The second-order valence-corrected chi connectivity index (χ2v) is 4.63. The van der Waals surface area contributed by atoms with E-state index in [1.807, 2.05) is 55.5 Å². The van der Waals surface area contributed by atoms with E-state index in [0.29, 0.717) is 18.4 Å². The van der Waals surface area contributed by atoms with Crippen LogP contribution in [0.3, 0.4) is 0 Å². The maximum absolute atomic E-state index is 5.57. The van der Waals surface area contributed by atoms with Crippen LogP contribution in [0.1, 0.15) is 12.8 Å². The molecule has 2 aromatic carbocycles. The number of aryl methyl sites for hydroxylation is 1. The first kappa shape index (κ1) is 13.4. The Hall–Kier alpha value is -2.62. The zero-order chi connectivity index (χ0) is 14.7. The number of aromatic nitrogens is 2. The molecule has 0 aliphatic carbocycles. The van der Waals surface area contributed by atoms with E-state index in [2.05, 4.69) is 10.2 Å². The molecule has 0 amide bonds. The van der Waals surface area contributed by atoms with E-state index in [-0.39, 0.29) is 0 Å². The van der Waals surface area contributed by atoms with E-state index in [1.54, 1.807) is 6.92 Å². The standard InChI is InChI=1S/C17H16N2O2/c1-3-20-14-8-6-7-13(11-14)15-9-4-5-10-16(15)17-19-18-12(2)21-17/h4-11H,3H2,1-2H3. The Kier molecular flexibility index (Phi) is 3.69. The summed E-state index contributed by atoms with van der Waals surface area (Å²) in [5.41, 5.74) is 3.03. The van der Waals surface area contributed by atoms with Crippen LogP contribution in [-0.4, -0.2) is 16.8 Å². The molecular weight excluding hydrogens is 264 g/mol. The van der Waals surface area contributed by atoms with Crippen molar-refractivity contribution in [2.75, 3.05) is 6.61 Å². The zero-order valence-electron chi connectivity index (χ0n) is 12.0. The lowest BCUT2D eigenvalue weighted by molar-refractivity contribution is 0.340. The van der Waals surface area contributed by atoms with Crippen LogP contribution in [-0.2, 0) is 0 Å². The first-order valence-electron chi connectivity index (χ1n) is 6.90. The molecule has 1 heterocycles. The number of nitrogens with zero attached hydrogens (tertiary/aromatic N) is 2. The van der Waals surface area contributed by atoms with Crippen molar-refractivity contribution in [2.24, 2.45) is 0 Å². The smallest absolute Gasteiger partial charge is 0.248 e. The minimum absolute atomic E-state index is 0.532. The predicted octanol–water partition coefficient (Wildman–Crippen LogP) is 4.11. The third kappa shape index (κ3) is 2.79. The minimum atomic E-state index is 0.532. The Balaban J connectivity index is 2.08. The largest absolute Gasteiger partial charge is 0.494 e. The highest BCUT2D eigenvalue weighted by atomic mass is 16.5. The molecule has 3 rings (SSSR count). The van der Waals surface area contributed by atoms with Crippen LogP contribution >= 0.6 is 0 Å². The molecule has 3 aromatic rings. The van der Waals surface area contributed by atoms with E-state index >= 15 is 0 Å². The minimum Gasteiger partial charge on any atom is -0.494 e. The molecule has 1 aromatic heterocycles. The van der Waals surface area contributed by atoms with E-state index < -0.39 is 0 Å². The van der Waals surface area contributed by atoms with E-state index in [1.165, 1.54) is 0 Å². The lowest BCUT2D eigenvalue weighted by atomic mass is 9.99. The van der Waals surface area contributed by atoms with Crippen molar-refractivity contribution in [1.82, 2.24) is 10.2 Å². The SMILES string of the molecule is CCOc1cccc(-c2ccccc2-c2nnc(C)o2)c1. The summed E-state index contributed by atoms with van der Waals surface area (Å²) < 4.78 is 11.1. The molecule has 4 heteroatoms. The Morgan fingerprint density at radius 1 is 1.00 bits per heavy atom. The van der Waals surface area contributed by atoms with Crippen molar-refractivity contribution in [2.45, 2.75) is 13.8 Å². The fourth-order valence-electron chi connectivity index (χ4n) is 2.25. The van der Waals surface area contributed by atoms with Crippen molar-refractivity contribution in [3.05, 3.63) is 54.4 Å². The number of hydrogen-bond acceptors (Lipinski definition) is 4. The molecule has 0 fully saturated rings. The third-order valence-corrected chi connectivity index (χ3v) is 3.14. The predicted molar refractivity (Wildman–Crippen MR) is 81.1 cm³/mol. The molecule has 0 radical (unpaired) electrons. The molecule has 0 atom stereocenters. The molecule has 0 unspecified atom stereocenters. The summed E-state index contributed by atoms with van der Waals surface area (Å²) in [6.45, 7) is 4.41. The number of hydrogen-bond donors (Lipinski definition) is 0. The molecule has 0 saturated heterocycles. The van der Waals surface area contributed by atoms with Crippen LogP contribution in [0.25, 0.3) is 22.6 Å². The summed E-state index contributed by atoms with van der Waals surface area (Å²) in [4.78, 5) is 0. The Bertz CT molecular complexity index is 750. The second-order valence-electron chi connectivity index (χ2n) is 4.63. The van der Waals surface area contributed by atoms with Crippen molar-refractivity contribution < 1.29 is 9.15 Å². The van der Waals surface area contributed by atoms with E-state index in [9.17, 15) is 0 Å². The van der Waals surface area contributed by atoms with Crippen LogP contribution in [0.5, 0.6) is 5.75 Å². The first-order valence-corrected chi connectivity index (χ1v) is 6.90. The van der Waals surface area contributed by atoms with Gasteiger partial charge in [0.15, 0.2) is 0 Å². The van der Waals surface area contributed by atoms with Crippen LogP contribution in [0, 0.1) is 6.92 Å². The summed E-state index contributed by atoms with van der Waals surface area (Å²) >= 11 is 0. The third-order valence-electron chi connectivity index (χ3n) is 3.14. The Morgan fingerprint density at radius 3 is 2.52 bits per heavy atom. The van der Waals surface area contributed by atoms with Crippen molar-refractivity contribution >= 4 is 0 Å². The number of ether oxygens (including phenoxy) is 1. The summed E-state index contributed by atoms with van der Waals surface area (Å²) in [7, 11) is 0. The van der Waals surface area contributed by atoms with Gasteiger partial charge in [0.2, 0.25) is 11.8 Å². The fraction of sp³-hybridized carbons (Fsp3) is 0.176. The van der Waals surface area contributed by atoms with Gasteiger partial charge in [-0.3, -0.25) is 0 Å². The highest BCUT2D eigenvalue weighted by Gasteiger charge is 2.12. The van der Waals surface area contributed by atoms with Gasteiger partial charge in [-0.25, -0.2) is 0 Å². The average molecular weight is 280 g/mol. The van der Waals surface area contributed by atoms with Crippen molar-refractivity contribution in [3.8, 4) is 28.3 Å². The van der Waals surface area contributed by atoms with Crippen molar-refractivity contribution in [1.29, 1.82) is 0 Å². The molecule has 0 N–H and O–H groups in total. The van der Waals surface area contributed by atoms with E-state index in [0.717, 1.165) is 22.4 Å². The monoisotopic (exact) mass is 280 g/mol. The van der Waals surface area contributed by atoms with Crippen molar-refractivity contribution in [3.63, 3.8) is 0 Å². The fourth-order valence-corrected chi connectivity index (χ4v) is 2.25. The summed E-state index contributed by atoms with van der Waals surface area (Å²) in [6, 6.07) is 16.0. The van der Waals surface area contributed by atoms with Gasteiger partial charge in [-0.15, -0.1) is 10.2 Å². The van der Waals surface area contributed by atoms with Gasteiger partial charge in [0.25, 0.3) is 0 Å². The van der Waals surface area contributed by atoms with Gasteiger partial charge < -0.3 is 9.15 Å². The highest BCUT2D eigenvalue weighted by molar-refractivity contribution is 5.80. The van der Waals surface area contributed by atoms with Gasteiger partial charge in [0.1, 0.15) is 5.75 Å². The molecule has 0 aliphatic rings. The molecule has 0 saturated carbocycles. The van der Waals surface area contributed by atoms with Crippen LogP contribution < -0.4 is 4.74 Å². The topological polar surface area (TPSA) is 48.2 Å². The van der Waals surface area contributed by atoms with Gasteiger partial charge in [-0.1, -0.05) is 30.3 Å².